The Hall–Kier alpha value is -2.93. The first-order valence-corrected chi connectivity index (χ1v) is 7.77. The number of imidazole rings is 1. The van der Waals surface area contributed by atoms with Crippen molar-refractivity contribution in [2.24, 2.45) is 0 Å². The summed E-state index contributed by atoms with van der Waals surface area (Å²) >= 11 is 1.45. The minimum Gasteiger partial charge on any atom is -0.481 e. The van der Waals surface area contributed by atoms with Crippen molar-refractivity contribution in [3.05, 3.63) is 54.0 Å². The molecule has 23 heavy (non-hydrogen) atoms. The van der Waals surface area contributed by atoms with Crippen molar-refractivity contribution in [3.63, 3.8) is 0 Å². The Bertz CT molecular complexity index is 971. The number of carbonyl (C=O) groups is 1. The van der Waals surface area contributed by atoms with Crippen LogP contribution in [0.15, 0.2) is 52.7 Å². The minimum atomic E-state index is -0.904. The average Bonchev–Trinajstić information content (AvgIpc) is 3.25. The second-order valence-corrected chi connectivity index (χ2v) is 5.77. The molecule has 0 aromatic carbocycles. The maximum absolute atomic E-state index is 11.3. The van der Waals surface area contributed by atoms with Crippen LogP contribution in [0.5, 0.6) is 0 Å². The first-order valence-electron chi connectivity index (χ1n) is 6.89. The summed E-state index contributed by atoms with van der Waals surface area (Å²) in [6.45, 7) is 0. The maximum Gasteiger partial charge on any atom is 0.309 e. The lowest BCUT2D eigenvalue weighted by Gasteiger charge is -2.04. The monoisotopic (exact) mass is 325 g/mol. The Morgan fingerprint density at radius 2 is 2.13 bits per heavy atom. The topological polar surface area (TPSA) is 80.6 Å². The molecular formula is C16H11N3O3S. The summed E-state index contributed by atoms with van der Waals surface area (Å²) in [5.74, 6) is -0.222. The molecule has 7 heteroatoms. The Balaban J connectivity index is 1.99. The van der Waals surface area contributed by atoms with E-state index in [1.54, 1.807) is 24.7 Å². The van der Waals surface area contributed by atoms with Crippen LogP contribution >= 0.6 is 11.3 Å². The molecule has 0 aliphatic carbocycles. The summed E-state index contributed by atoms with van der Waals surface area (Å²) in [6.07, 6.45) is 4.81. The number of carboxylic acids is 1. The lowest BCUT2D eigenvalue weighted by Crippen LogP contribution is -2.05. The van der Waals surface area contributed by atoms with E-state index in [-0.39, 0.29) is 6.42 Å². The van der Waals surface area contributed by atoms with Crippen LogP contribution in [0.2, 0.25) is 0 Å². The van der Waals surface area contributed by atoms with Crippen molar-refractivity contribution >= 4 is 22.3 Å². The van der Waals surface area contributed by atoms with Gasteiger partial charge < -0.3 is 9.52 Å². The lowest BCUT2D eigenvalue weighted by molar-refractivity contribution is -0.136. The molecule has 4 heterocycles. The number of furan rings is 1. The number of pyridine rings is 1. The van der Waals surface area contributed by atoms with E-state index in [2.05, 4.69) is 9.97 Å². The molecule has 0 aliphatic heterocycles. The van der Waals surface area contributed by atoms with E-state index in [1.165, 1.54) is 11.3 Å². The number of rotatable bonds is 4. The third kappa shape index (κ3) is 2.31. The molecule has 0 fully saturated rings. The van der Waals surface area contributed by atoms with Crippen LogP contribution in [-0.4, -0.2) is 25.4 Å². The number of aromatic nitrogens is 3. The van der Waals surface area contributed by atoms with E-state index in [4.69, 9.17) is 4.42 Å². The molecule has 0 radical (unpaired) electrons. The molecule has 0 aliphatic rings. The zero-order valence-electron chi connectivity index (χ0n) is 11.8. The molecule has 0 bridgehead atoms. The smallest absolute Gasteiger partial charge is 0.309 e. The van der Waals surface area contributed by atoms with E-state index in [0.29, 0.717) is 17.1 Å². The third-order valence-electron chi connectivity index (χ3n) is 3.50. The maximum atomic E-state index is 11.3. The van der Waals surface area contributed by atoms with Gasteiger partial charge in [-0.25, -0.2) is 4.98 Å². The largest absolute Gasteiger partial charge is 0.481 e. The van der Waals surface area contributed by atoms with Crippen molar-refractivity contribution in [1.82, 2.24) is 14.4 Å². The number of hydrogen-bond acceptors (Lipinski definition) is 5. The molecule has 0 saturated heterocycles. The molecule has 6 nitrogen and oxygen atoms in total. The first-order chi connectivity index (χ1) is 11.2. The van der Waals surface area contributed by atoms with Gasteiger partial charge >= 0.3 is 5.97 Å². The Morgan fingerprint density at radius 1 is 1.30 bits per heavy atom. The molecule has 1 N–H and O–H groups in total. The van der Waals surface area contributed by atoms with Crippen molar-refractivity contribution in [2.45, 2.75) is 6.42 Å². The SMILES string of the molecule is O=C(O)Cc1c(-c2ccncc2)nc2scc(-c3ccco3)n12. The highest BCUT2D eigenvalue weighted by Crippen LogP contribution is 2.33. The van der Waals surface area contributed by atoms with Gasteiger partial charge in [-0.3, -0.25) is 14.2 Å². The van der Waals surface area contributed by atoms with Gasteiger partial charge in [0, 0.05) is 23.3 Å². The molecule has 0 unspecified atom stereocenters. The van der Waals surface area contributed by atoms with Gasteiger partial charge in [0.1, 0.15) is 5.69 Å². The van der Waals surface area contributed by atoms with Gasteiger partial charge in [-0.15, -0.1) is 11.3 Å². The zero-order chi connectivity index (χ0) is 15.8. The van der Waals surface area contributed by atoms with Crippen LogP contribution in [0.3, 0.4) is 0 Å². The van der Waals surface area contributed by atoms with Crippen LogP contribution in [0.4, 0.5) is 0 Å². The number of aliphatic carboxylic acids is 1. The number of fused-ring (bicyclic) bond motifs is 1. The van der Waals surface area contributed by atoms with Crippen LogP contribution in [0.1, 0.15) is 5.69 Å². The highest BCUT2D eigenvalue weighted by molar-refractivity contribution is 7.15. The Kier molecular flexibility index (Phi) is 3.20. The second-order valence-electron chi connectivity index (χ2n) is 4.93. The van der Waals surface area contributed by atoms with Crippen molar-refractivity contribution in [2.75, 3.05) is 0 Å². The number of hydrogen-bond donors (Lipinski definition) is 1. The van der Waals surface area contributed by atoms with Gasteiger partial charge in [0.2, 0.25) is 0 Å². The summed E-state index contributed by atoms with van der Waals surface area (Å²) in [5.41, 5.74) is 2.94. The third-order valence-corrected chi connectivity index (χ3v) is 4.33. The van der Waals surface area contributed by atoms with Crippen LogP contribution in [0, 0.1) is 0 Å². The summed E-state index contributed by atoms with van der Waals surface area (Å²) in [7, 11) is 0. The Labute approximate surface area is 134 Å². The summed E-state index contributed by atoms with van der Waals surface area (Å²) in [4.78, 5) is 20.7. The summed E-state index contributed by atoms with van der Waals surface area (Å²) in [5, 5.41) is 11.2. The van der Waals surface area contributed by atoms with Gasteiger partial charge in [-0.1, -0.05) is 0 Å². The predicted molar refractivity (Wildman–Crippen MR) is 85.3 cm³/mol. The molecule has 0 spiro atoms. The van der Waals surface area contributed by atoms with Crippen LogP contribution in [-0.2, 0) is 11.2 Å². The molecule has 0 atom stereocenters. The van der Waals surface area contributed by atoms with Crippen LogP contribution < -0.4 is 0 Å². The van der Waals surface area contributed by atoms with Crippen LogP contribution in [0.25, 0.3) is 27.7 Å². The minimum absolute atomic E-state index is 0.122. The normalized spacial score (nSPS) is 11.1. The van der Waals surface area contributed by atoms with Crippen molar-refractivity contribution in [3.8, 4) is 22.7 Å². The van der Waals surface area contributed by atoms with E-state index >= 15 is 0 Å². The summed E-state index contributed by atoms with van der Waals surface area (Å²) in [6, 6.07) is 7.29. The number of nitrogens with zero attached hydrogens (tertiary/aromatic N) is 3. The molecule has 0 amide bonds. The van der Waals surface area contributed by atoms with Crippen molar-refractivity contribution in [1.29, 1.82) is 0 Å². The molecular weight excluding hydrogens is 314 g/mol. The fraction of sp³-hybridized carbons (Fsp3) is 0.0625. The lowest BCUT2D eigenvalue weighted by atomic mass is 10.1. The van der Waals surface area contributed by atoms with Crippen molar-refractivity contribution < 1.29 is 14.3 Å². The first kappa shape index (κ1) is 13.7. The van der Waals surface area contributed by atoms with E-state index < -0.39 is 5.97 Å². The molecule has 4 aromatic rings. The number of carboxylic acid groups (broad SMARTS) is 1. The quantitative estimate of drug-likeness (QED) is 0.622. The van der Waals surface area contributed by atoms with Gasteiger partial charge in [-0.2, -0.15) is 0 Å². The second kappa shape index (κ2) is 5.36. The Morgan fingerprint density at radius 3 is 2.83 bits per heavy atom. The fourth-order valence-corrected chi connectivity index (χ4v) is 3.46. The zero-order valence-corrected chi connectivity index (χ0v) is 12.7. The molecule has 114 valence electrons. The van der Waals surface area contributed by atoms with E-state index in [1.807, 2.05) is 28.0 Å². The highest BCUT2D eigenvalue weighted by atomic mass is 32.1. The van der Waals surface area contributed by atoms with E-state index in [9.17, 15) is 9.90 Å². The number of thiazole rings is 1. The fourth-order valence-electron chi connectivity index (χ4n) is 2.56. The van der Waals surface area contributed by atoms with Gasteiger partial charge in [0.25, 0.3) is 0 Å². The van der Waals surface area contributed by atoms with Gasteiger partial charge in [0.05, 0.1) is 24.1 Å². The standard InChI is InChI=1S/C16H11N3O3S/c20-14(21)8-11-15(10-3-5-17-6-4-10)18-16-19(11)12(9-23-16)13-2-1-7-22-13/h1-7,9H,8H2,(H,20,21). The van der Waals surface area contributed by atoms with Gasteiger partial charge in [0.15, 0.2) is 10.7 Å². The highest BCUT2D eigenvalue weighted by Gasteiger charge is 2.21. The average molecular weight is 325 g/mol. The summed E-state index contributed by atoms with van der Waals surface area (Å²) < 4.78 is 7.32. The molecule has 4 aromatic heterocycles. The van der Waals surface area contributed by atoms with Gasteiger partial charge in [-0.05, 0) is 24.3 Å². The molecule has 0 saturated carbocycles. The van der Waals surface area contributed by atoms with E-state index in [0.717, 1.165) is 16.2 Å². The molecule has 4 rings (SSSR count). The predicted octanol–water partition coefficient (Wildman–Crippen LogP) is 3.34.